The minimum absolute atomic E-state index is 0. The van der Waals surface area contributed by atoms with E-state index in [4.69, 9.17) is 4.74 Å². The van der Waals surface area contributed by atoms with Crippen molar-refractivity contribution >= 4 is 51.9 Å². The van der Waals surface area contributed by atoms with E-state index in [-0.39, 0.29) is 47.4 Å². The number of benzene rings is 1. The summed E-state index contributed by atoms with van der Waals surface area (Å²) in [5, 5.41) is 22.1. The van der Waals surface area contributed by atoms with E-state index in [1.54, 1.807) is 44.3 Å². The van der Waals surface area contributed by atoms with Gasteiger partial charge in [-0.05, 0) is 42.7 Å². The van der Waals surface area contributed by atoms with Crippen LogP contribution in [0.2, 0.25) is 0 Å². The summed E-state index contributed by atoms with van der Waals surface area (Å²) in [4.78, 5) is 41.4. The Bertz CT molecular complexity index is 1320. The third-order valence-corrected chi connectivity index (χ3v) is 6.68. The summed E-state index contributed by atoms with van der Waals surface area (Å²) >= 11 is 1.29. The van der Waals surface area contributed by atoms with Gasteiger partial charge in [0.05, 0.1) is 46.1 Å². The van der Waals surface area contributed by atoms with Crippen molar-refractivity contribution in [1.82, 2.24) is 9.88 Å². The van der Waals surface area contributed by atoms with Crippen LogP contribution in [0.4, 0.5) is 5.69 Å². The van der Waals surface area contributed by atoms with Crippen LogP contribution in [0.3, 0.4) is 0 Å². The van der Waals surface area contributed by atoms with Gasteiger partial charge in [-0.15, -0.1) is 17.0 Å². The molecule has 35 heavy (non-hydrogen) atoms. The molecule has 2 aliphatic rings. The minimum atomic E-state index is -0.632. The number of fused-ring (bicyclic) bond motifs is 1. The number of rotatable bonds is 6. The standard InChI is InChI=1S/C24H20N4O5S.BrH/c1-3-33-21(30)11-17-9-16(7-8-26-17)22-14(2)27-20(29)13-34-24(27)19(12-25)23(22)15-5-4-6-18(10-15)28(31)32;/h4-10,23H,3,11,13H2,1-2H3;1H. The second-order valence-electron chi connectivity index (χ2n) is 7.65. The molecule has 0 saturated carbocycles. The van der Waals surface area contributed by atoms with Crippen LogP contribution in [0.25, 0.3) is 5.57 Å². The van der Waals surface area contributed by atoms with Crippen LogP contribution < -0.4 is 0 Å². The fourth-order valence-corrected chi connectivity index (χ4v) is 5.32. The van der Waals surface area contributed by atoms with Crippen molar-refractivity contribution in [3.8, 4) is 6.07 Å². The topological polar surface area (TPSA) is 126 Å². The first-order valence-electron chi connectivity index (χ1n) is 10.5. The molecular weight excluding hydrogens is 536 g/mol. The second-order valence-corrected chi connectivity index (χ2v) is 8.61. The largest absolute Gasteiger partial charge is 0.466 e. The lowest BCUT2D eigenvalue weighted by molar-refractivity contribution is -0.384. The molecule has 1 aromatic heterocycles. The van der Waals surface area contributed by atoms with Gasteiger partial charge in [-0.1, -0.05) is 23.9 Å². The number of carbonyl (C=O) groups is 2. The van der Waals surface area contributed by atoms with E-state index in [2.05, 4.69) is 11.1 Å². The van der Waals surface area contributed by atoms with E-state index < -0.39 is 16.8 Å². The van der Waals surface area contributed by atoms with Crippen LogP contribution in [-0.2, 0) is 20.7 Å². The molecule has 4 rings (SSSR count). The highest BCUT2D eigenvalue weighted by Crippen LogP contribution is 2.51. The number of aromatic nitrogens is 1. The van der Waals surface area contributed by atoms with E-state index in [9.17, 15) is 25.0 Å². The van der Waals surface area contributed by atoms with Crippen molar-refractivity contribution in [2.24, 2.45) is 0 Å². The fourth-order valence-electron chi connectivity index (χ4n) is 4.25. The number of esters is 1. The zero-order chi connectivity index (χ0) is 24.4. The number of amides is 1. The van der Waals surface area contributed by atoms with Gasteiger partial charge >= 0.3 is 5.97 Å². The summed E-state index contributed by atoms with van der Waals surface area (Å²) in [6.07, 6.45) is 1.53. The number of ether oxygens (including phenoxy) is 1. The lowest BCUT2D eigenvalue weighted by atomic mass is 9.79. The Labute approximate surface area is 216 Å². The summed E-state index contributed by atoms with van der Waals surface area (Å²) in [5.41, 5.74) is 3.26. The molecule has 0 N–H and O–H groups in total. The number of hydrogen-bond donors (Lipinski definition) is 0. The van der Waals surface area contributed by atoms with Crippen LogP contribution in [0, 0.1) is 21.4 Å². The Hall–Kier alpha value is -3.49. The molecule has 2 aliphatic heterocycles. The number of nitrogens with zero attached hydrogens (tertiary/aromatic N) is 4. The molecule has 0 radical (unpaired) electrons. The number of thioether (sulfide) groups is 1. The second kappa shape index (κ2) is 10.8. The van der Waals surface area contributed by atoms with Crippen molar-refractivity contribution in [2.45, 2.75) is 26.2 Å². The maximum absolute atomic E-state index is 12.7. The highest BCUT2D eigenvalue weighted by Gasteiger charge is 2.41. The molecule has 9 nitrogen and oxygen atoms in total. The third kappa shape index (κ3) is 4.99. The van der Waals surface area contributed by atoms with Crippen LogP contribution in [0.5, 0.6) is 0 Å². The van der Waals surface area contributed by atoms with E-state index in [1.165, 1.54) is 28.8 Å². The monoisotopic (exact) mass is 556 g/mol. The molecule has 11 heteroatoms. The van der Waals surface area contributed by atoms with Crippen LogP contribution in [0.15, 0.2) is 58.9 Å². The maximum Gasteiger partial charge on any atom is 0.311 e. The summed E-state index contributed by atoms with van der Waals surface area (Å²) in [7, 11) is 0. The summed E-state index contributed by atoms with van der Waals surface area (Å²) in [6.45, 7) is 3.77. The van der Waals surface area contributed by atoms with Gasteiger partial charge in [-0.3, -0.25) is 29.6 Å². The molecule has 1 atom stereocenters. The minimum Gasteiger partial charge on any atom is -0.466 e. The van der Waals surface area contributed by atoms with Gasteiger partial charge in [-0.2, -0.15) is 5.26 Å². The maximum atomic E-state index is 12.7. The number of nitro groups is 1. The molecule has 1 unspecified atom stereocenters. The number of nitriles is 1. The zero-order valence-corrected chi connectivity index (χ0v) is 21.4. The van der Waals surface area contributed by atoms with E-state index in [0.29, 0.717) is 38.7 Å². The fraction of sp³-hybridized carbons (Fsp3) is 0.250. The number of non-ortho nitro benzene ring substituents is 1. The first-order chi connectivity index (χ1) is 16.3. The van der Waals surface area contributed by atoms with Crippen molar-refractivity contribution in [3.63, 3.8) is 0 Å². The van der Waals surface area contributed by atoms with Gasteiger partial charge < -0.3 is 4.74 Å². The highest BCUT2D eigenvalue weighted by molar-refractivity contribution is 8.93. The molecule has 0 bridgehead atoms. The Balaban J connectivity index is 0.00000342. The molecule has 1 fully saturated rings. The van der Waals surface area contributed by atoms with Gasteiger partial charge in [0.2, 0.25) is 5.91 Å². The average Bonchev–Trinajstić information content (AvgIpc) is 3.21. The molecule has 1 amide bonds. The van der Waals surface area contributed by atoms with Crippen LogP contribution in [0.1, 0.15) is 36.6 Å². The smallest absolute Gasteiger partial charge is 0.311 e. The summed E-state index contributed by atoms with van der Waals surface area (Å²) in [5.74, 6) is -0.978. The Morgan fingerprint density at radius 3 is 2.83 bits per heavy atom. The average molecular weight is 557 g/mol. The van der Waals surface area contributed by atoms with Gasteiger partial charge in [0, 0.05) is 29.9 Å². The summed E-state index contributed by atoms with van der Waals surface area (Å²) < 4.78 is 5.02. The molecule has 0 aliphatic carbocycles. The number of carbonyl (C=O) groups excluding carboxylic acids is 2. The van der Waals surface area contributed by atoms with Crippen molar-refractivity contribution < 1.29 is 19.2 Å². The molecule has 2 aromatic rings. The number of allylic oxidation sites excluding steroid dienone is 3. The predicted octanol–water partition coefficient (Wildman–Crippen LogP) is 4.51. The lowest BCUT2D eigenvalue weighted by Crippen LogP contribution is -2.29. The van der Waals surface area contributed by atoms with Crippen LogP contribution >= 0.6 is 28.7 Å². The lowest BCUT2D eigenvalue weighted by Gasteiger charge is -2.33. The zero-order valence-electron chi connectivity index (χ0n) is 18.9. The number of halogens is 1. The molecule has 1 aromatic carbocycles. The summed E-state index contributed by atoms with van der Waals surface area (Å²) in [6, 6.07) is 11.9. The molecule has 0 spiro atoms. The molecule has 1 saturated heterocycles. The third-order valence-electron chi connectivity index (χ3n) is 5.61. The van der Waals surface area contributed by atoms with E-state index in [1.807, 2.05) is 0 Å². The van der Waals surface area contributed by atoms with Crippen molar-refractivity contribution in [1.29, 1.82) is 5.26 Å². The normalized spacial score (nSPS) is 17.0. The Morgan fingerprint density at radius 2 is 2.14 bits per heavy atom. The molecular formula is C24H21BrN4O5S. The van der Waals surface area contributed by atoms with Crippen molar-refractivity contribution in [2.75, 3.05) is 12.4 Å². The van der Waals surface area contributed by atoms with E-state index in [0.717, 1.165) is 0 Å². The number of hydrogen-bond acceptors (Lipinski definition) is 8. The van der Waals surface area contributed by atoms with Crippen LogP contribution in [-0.4, -0.2) is 39.0 Å². The Morgan fingerprint density at radius 1 is 1.37 bits per heavy atom. The quantitative estimate of drug-likeness (QED) is 0.289. The SMILES string of the molecule is Br.CCOC(=O)Cc1cc(C2=C(C)N3C(=O)CSC3=C(C#N)C2c2cccc([N+](=O)[O-])c2)ccn1. The van der Waals surface area contributed by atoms with E-state index >= 15 is 0 Å². The predicted molar refractivity (Wildman–Crippen MR) is 135 cm³/mol. The van der Waals surface area contributed by atoms with Crippen molar-refractivity contribution in [3.05, 3.63) is 85.8 Å². The molecule has 3 heterocycles. The first-order valence-corrected chi connectivity index (χ1v) is 11.5. The highest BCUT2D eigenvalue weighted by atomic mass is 79.9. The number of pyridine rings is 1. The van der Waals surface area contributed by atoms with Gasteiger partial charge in [0.1, 0.15) is 0 Å². The number of nitro benzene ring substituents is 1. The Kier molecular flexibility index (Phi) is 8.09. The first kappa shape index (κ1) is 26.1. The molecule has 180 valence electrons. The van der Waals surface area contributed by atoms with Gasteiger partial charge in [0.15, 0.2) is 0 Å². The van der Waals surface area contributed by atoms with Gasteiger partial charge in [-0.25, -0.2) is 0 Å². The van der Waals surface area contributed by atoms with Gasteiger partial charge in [0.25, 0.3) is 5.69 Å².